The lowest BCUT2D eigenvalue weighted by atomic mass is 10.1. The van der Waals surface area contributed by atoms with Gasteiger partial charge in [0.15, 0.2) is 0 Å². The molecule has 0 aromatic heterocycles. The molecule has 0 radical (unpaired) electrons. The number of hydrogen-bond acceptors (Lipinski definition) is 5. The zero-order chi connectivity index (χ0) is 19.7. The van der Waals surface area contributed by atoms with E-state index in [0.29, 0.717) is 19.6 Å². The number of carbonyl (C=O) groups is 1. The number of nitrogens with one attached hydrogen (secondary N) is 3. The summed E-state index contributed by atoms with van der Waals surface area (Å²) >= 11 is 0. The van der Waals surface area contributed by atoms with Gasteiger partial charge < -0.3 is 26.4 Å². The smallest absolute Gasteiger partial charge is 0.407 e. The van der Waals surface area contributed by atoms with Crippen LogP contribution in [0.4, 0.5) is 16.2 Å². The van der Waals surface area contributed by atoms with E-state index in [4.69, 9.17) is 10.5 Å². The van der Waals surface area contributed by atoms with Gasteiger partial charge in [0.2, 0.25) is 0 Å². The quantitative estimate of drug-likeness (QED) is 0.532. The Kier molecular flexibility index (Phi) is 7.49. The SMILES string of the molecule is CC(C)(C)OC(=O)NCCNc1cccc(NCc2ccccc2)c1CN. The second-order valence-electron chi connectivity index (χ2n) is 7.23. The highest BCUT2D eigenvalue weighted by Crippen LogP contribution is 2.24. The first-order chi connectivity index (χ1) is 12.9. The Morgan fingerprint density at radius 1 is 0.963 bits per heavy atom. The van der Waals surface area contributed by atoms with Crippen LogP contribution in [0.25, 0.3) is 0 Å². The molecule has 1 amide bonds. The first kappa shape index (κ1) is 20.6. The van der Waals surface area contributed by atoms with Gasteiger partial charge in [0.1, 0.15) is 5.60 Å². The van der Waals surface area contributed by atoms with E-state index in [1.54, 1.807) is 0 Å². The number of rotatable bonds is 8. The third-order valence-electron chi connectivity index (χ3n) is 3.81. The number of nitrogens with two attached hydrogens (primary N) is 1. The van der Waals surface area contributed by atoms with Crippen LogP contribution >= 0.6 is 0 Å². The second kappa shape index (κ2) is 9.83. The average Bonchev–Trinajstić information content (AvgIpc) is 2.63. The normalized spacial score (nSPS) is 11.0. The zero-order valence-corrected chi connectivity index (χ0v) is 16.3. The van der Waals surface area contributed by atoms with Crippen LogP contribution in [0.5, 0.6) is 0 Å². The summed E-state index contributed by atoms with van der Waals surface area (Å²) in [7, 11) is 0. The Labute approximate surface area is 161 Å². The van der Waals surface area contributed by atoms with Gasteiger partial charge in [-0.2, -0.15) is 0 Å². The van der Waals surface area contributed by atoms with Crippen LogP contribution in [-0.4, -0.2) is 24.8 Å². The lowest BCUT2D eigenvalue weighted by molar-refractivity contribution is 0.0530. The van der Waals surface area contributed by atoms with Crippen molar-refractivity contribution < 1.29 is 9.53 Å². The maximum Gasteiger partial charge on any atom is 0.407 e. The first-order valence-corrected chi connectivity index (χ1v) is 9.19. The van der Waals surface area contributed by atoms with Crippen molar-refractivity contribution in [3.8, 4) is 0 Å². The highest BCUT2D eigenvalue weighted by molar-refractivity contribution is 5.68. The summed E-state index contributed by atoms with van der Waals surface area (Å²) in [4.78, 5) is 11.7. The molecule has 27 heavy (non-hydrogen) atoms. The van der Waals surface area contributed by atoms with E-state index in [1.807, 2.05) is 57.2 Å². The summed E-state index contributed by atoms with van der Waals surface area (Å²) in [6.45, 7) is 7.71. The van der Waals surface area contributed by atoms with Crippen LogP contribution in [0.1, 0.15) is 31.9 Å². The Hall–Kier alpha value is -2.73. The third-order valence-corrected chi connectivity index (χ3v) is 3.81. The van der Waals surface area contributed by atoms with Crippen molar-refractivity contribution in [2.24, 2.45) is 5.73 Å². The van der Waals surface area contributed by atoms with Crippen molar-refractivity contribution in [1.29, 1.82) is 0 Å². The summed E-state index contributed by atoms with van der Waals surface area (Å²) < 4.78 is 5.22. The standard InChI is InChI=1S/C21H30N4O2/c1-21(2,3)27-20(26)24-13-12-23-18-10-7-11-19(17(18)14-22)25-15-16-8-5-4-6-9-16/h4-11,23,25H,12-15,22H2,1-3H3,(H,24,26). The topological polar surface area (TPSA) is 88.4 Å². The molecule has 0 unspecified atom stereocenters. The fourth-order valence-corrected chi connectivity index (χ4v) is 2.61. The molecule has 2 rings (SSSR count). The van der Waals surface area contributed by atoms with Gasteiger partial charge in [0.25, 0.3) is 0 Å². The van der Waals surface area contributed by atoms with Crippen molar-refractivity contribution in [3.63, 3.8) is 0 Å². The van der Waals surface area contributed by atoms with Crippen molar-refractivity contribution in [1.82, 2.24) is 5.32 Å². The first-order valence-electron chi connectivity index (χ1n) is 9.19. The largest absolute Gasteiger partial charge is 0.444 e. The van der Waals surface area contributed by atoms with Gasteiger partial charge in [-0.25, -0.2) is 4.79 Å². The van der Waals surface area contributed by atoms with Gasteiger partial charge in [-0.15, -0.1) is 0 Å². The van der Waals surface area contributed by atoms with Gasteiger partial charge in [0, 0.05) is 43.1 Å². The number of amides is 1. The minimum atomic E-state index is -0.497. The molecule has 0 atom stereocenters. The molecule has 6 heteroatoms. The van der Waals surface area contributed by atoms with Gasteiger partial charge in [-0.1, -0.05) is 36.4 Å². The summed E-state index contributed by atoms with van der Waals surface area (Å²) in [6, 6.07) is 16.2. The van der Waals surface area contributed by atoms with E-state index in [9.17, 15) is 4.79 Å². The Morgan fingerprint density at radius 3 is 2.26 bits per heavy atom. The van der Waals surface area contributed by atoms with Gasteiger partial charge in [-0.05, 0) is 38.5 Å². The monoisotopic (exact) mass is 370 g/mol. The van der Waals surface area contributed by atoms with Crippen LogP contribution < -0.4 is 21.7 Å². The van der Waals surface area contributed by atoms with E-state index in [1.165, 1.54) is 5.56 Å². The molecule has 0 aliphatic rings. The lowest BCUT2D eigenvalue weighted by Gasteiger charge is -2.20. The Bertz CT molecular complexity index is 727. The molecule has 0 fully saturated rings. The highest BCUT2D eigenvalue weighted by atomic mass is 16.6. The molecule has 0 saturated heterocycles. The molecule has 0 aliphatic carbocycles. The summed E-state index contributed by atoms with van der Waals surface area (Å²) in [6.07, 6.45) is -0.415. The number of ether oxygens (including phenoxy) is 1. The van der Waals surface area contributed by atoms with Crippen LogP contribution in [0.2, 0.25) is 0 Å². The fourth-order valence-electron chi connectivity index (χ4n) is 2.61. The molecule has 0 aliphatic heterocycles. The summed E-state index contributed by atoms with van der Waals surface area (Å²) in [5, 5.41) is 9.51. The third kappa shape index (κ3) is 7.19. The van der Waals surface area contributed by atoms with E-state index in [2.05, 4.69) is 28.1 Å². The number of benzene rings is 2. The van der Waals surface area contributed by atoms with Crippen molar-refractivity contribution in [2.45, 2.75) is 39.5 Å². The molecule has 6 nitrogen and oxygen atoms in total. The predicted molar refractivity (Wildman–Crippen MR) is 111 cm³/mol. The van der Waals surface area contributed by atoms with E-state index < -0.39 is 11.7 Å². The Morgan fingerprint density at radius 2 is 1.63 bits per heavy atom. The number of carbonyl (C=O) groups excluding carboxylic acids is 1. The van der Waals surface area contributed by atoms with Crippen molar-refractivity contribution in [2.75, 3.05) is 23.7 Å². The molecule has 2 aromatic rings. The van der Waals surface area contributed by atoms with Crippen LogP contribution in [0.3, 0.4) is 0 Å². The van der Waals surface area contributed by atoms with Gasteiger partial charge >= 0.3 is 6.09 Å². The maximum atomic E-state index is 11.7. The van der Waals surface area contributed by atoms with Crippen LogP contribution in [0.15, 0.2) is 48.5 Å². The molecule has 0 bridgehead atoms. The second-order valence-corrected chi connectivity index (χ2v) is 7.23. The molecule has 146 valence electrons. The van der Waals surface area contributed by atoms with Crippen molar-refractivity contribution in [3.05, 3.63) is 59.7 Å². The van der Waals surface area contributed by atoms with E-state index in [-0.39, 0.29) is 0 Å². The summed E-state index contributed by atoms with van der Waals surface area (Å²) in [5.41, 5.74) is 9.67. The zero-order valence-electron chi connectivity index (χ0n) is 16.3. The predicted octanol–water partition coefficient (Wildman–Crippen LogP) is 3.69. The van der Waals surface area contributed by atoms with E-state index in [0.717, 1.165) is 23.5 Å². The fraction of sp³-hybridized carbons (Fsp3) is 0.381. The molecular weight excluding hydrogens is 340 g/mol. The Balaban J connectivity index is 1.88. The minimum absolute atomic E-state index is 0.415. The maximum absolute atomic E-state index is 11.7. The van der Waals surface area contributed by atoms with E-state index >= 15 is 0 Å². The lowest BCUT2D eigenvalue weighted by Crippen LogP contribution is -2.35. The van der Waals surface area contributed by atoms with Crippen LogP contribution in [0, 0.1) is 0 Å². The number of hydrogen-bond donors (Lipinski definition) is 4. The average molecular weight is 370 g/mol. The van der Waals surface area contributed by atoms with Gasteiger partial charge in [-0.3, -0.25) is 0 Å². The van der Waals surface area contributed by atoms with Crippen molar-refractivity contribution >= 4 is 17.5 Å². The number of alkyl carbamates (subject to hydrolysis) is 1. The molecule has 0 saturated carbocycles. The molecule has 0 spiro atoms. The van der Waals surface area contributed by atoms with Crippen LogP contribution in [-0.2, 0) is 17.8 Å². The van der Waals surface area contributed by atoms with Gasteiger partial charge in [0.05, 0.1) is 0 Å². The summed E-state index contributed by atoms with van der Waals surface area (Å²) in [5.74, 6) is 0. The highest BCUT2D eigenvalue weighted by Gasteiger charge is 2.15. The molecular formula is C21H30N4O2. The number of anilines is 2. The molecule has 0 heterocycles. The molecule has 5 N–H and O–H groups in total. The molecule has 2 aromatic carbocycles. The minimum Gasteiger partial charge on any atom is -0.444 e.